The van der Waals surface area contributed by atoms with Gasteiger partial charge in [-0.1, -0.05) is 101 Å². The molecule has 0 unspecified atom stereocenters. The van der Waals surface area contributed by atoms with Gasteiger partial charge in [0.15, 0.2) is 0 Å². The lowest BCUT2D eigenvalue weighted by Gasteiger charge is -2.16. The molecule has 0 fully saturated rings. The number of amides is 2. The Hall–Kier alpha value is -1.83. The highest BCUT2D eigenvalue weighted by Gasteiger charge is 2.12. The lowest BCUT2D eigenvalue weighted by Crippen LogP contribution is -2.20. The van der Waals surface area contributed by atoms with Gasteiger partial charge in [-0.15, -0.1) is 28.7 Å². The van der Waals surface area contributed by atoms with Crippen LogP contribution < -0.4 is 15.4 Å². The number of benzene rings is 2. The molecule has 2 N–H and O–H groups in total. The van der Waals surface area contributed by atoms with E-state index in [1.54, 1.807) is 18.2 Å². The topological polar surface area (TPSA) is 53.6 Å². The zero-order valence-electron chi connectivity index (χ0n) is 24.2. The predicted molar refractivity (Wildman–Crippen MR) is 179 cm³/mol. The SMILES string of the molecule is Br.CCCCCCCCCCCCCCOc1cc(Cl)ccc1NC(=O)Nc1cccc(CN2C=C(C)SC2)c1. The van der Waals surface area contributed by atoms with Gasteiger partial charge in [0.25, 0.3) is 0 Å². The number of ether oxygens (including phenoxy) is 1. The summed E-state index contributed by atoms with van der Waals surface area (Å²) in [7, 11) is 0. The van der Waals surface area contributed by atoms with Gasteiger partial charge in [0, 0.05) is 29.5 Å². The molecule has 1 heterocycles. The molecule has 0 aromatic heterocycles. The van der Waals surface area contributed by atoms with E-state index in [2.05, 4.69) is 41.6 Å². The summed E-state index contributed by atoms with van der Waals surface area (Å²) >= 11 is 8.06. The zero-order chi connectivity index (χ0) is 27.7. The van der Waals surface area contributed by atoms with Crippen LogP contribution in [0.3, 0.4) is 0 Å². The van der Waals surface area contributed by atoms with Crippen molar-refractivity contribution in [1.82, 2.24) is 4.90 Å². The number of halogens is 2. The Labute approximate surface area is 261 Å². The second-order valence-electron chi connectivity index (χ2n) is 10.4. The number of carbonyl (C=O) groups excluding carboxylic acids is 1. The van der Waals surface area contributed by atoms with Crippen molar-refractivity contribution < 1.29 is 9.53 Å². The van der Waals surface area contributed by atoms with E-state index in [-0.39, 0.29) is 23.0 Å². The highest BCUT2D eigenvalue weighted by Crippen LogP contribution is 2.29. The molecule has 3 rings (SSSR count). The highest BCUT2D eigenvalue weighted by molar-refractivity contribution is 8.93. The molecule has 1 aliphatic rings. The molecule has 40 heavy (non-hydrogen) atoms. The maximum absolute atomic E-state index is 12.8. The summed E-state index contributed by atoms with van der Waals surface area (Å²) < 4.78 is 6.02. The molecule has 0 bridgehead atoms. The molecular weight excluding hydrogens is 606 g/mol. The fourth-order valence-corrected chi connectivity index (χ4v) is 5.64. The van der Waals surface area contributed by atoms with Crippen LogP contribution in [0.25, 0.3) is 0 Å². The van der Waals surface area contributed by atoms with Crippen molar-refractivity contribution in [3.63, 3.8) is 0 Å². The molecule has 2 aromatic rings. The van der Waals surface area contributed by atoms with Gasteiger partial charge in [-0.2, -0.15) is 0 Å². The number of hydrogen-bond donors (Lipinski definition) is 2. The Bertz CT molecular complexity index is 1050. The van der Waals surface area contributed by atoms with Crippen LogP contribution >= 0.6 is 40.3 Å². The summed E-state index contributed by atoms with van der Waals surface area (Å²) in [5, 5.41) is 6.46. The average molecular weight is 653 g/mol. The van der Waals surface area contributed by atoms with Crippen molar-refractivity contribution in [2.45, 2.75) is 97.4 Å². The Kier molecular flexibility index (Phi) is 17.3. The van der Waals surface area contributed by atoms with Gasteiger partial charge >= 0.3 is 6.03 Å². The van der Waals surface area contributed by atoms with Gasteiger partial charge in [-0.05, 0) is 48.1 Å². The van der Waals surface area contributed by atoms with Crippen LogP contribution in [-0.4, -0.2) is 23.4 Å². The highest BCUT2D eigenvalue weighted by atomic mass is 79.9. The van der Waals surface area contributed by atoms with Crippen molar-refractivity contribution >= 4 is 57.8 Å². The van der Waals surface area contributed by atoms with E-state index >= 15 is 0 Å². The van der Waals surface area contributed by atoms with Crippen molar-refractivity contribution in [1.29, 1.82) is 0 Å². The number of allylic oxidation sites excluding steroid dienone is 1. The van der Waals surface area contributed by atoms with E-state index in [0.717, 1.165) is 36.5 Å². The predicted octanol–water partition coefficient (Wildman–Crippen LogP) is 11.0. The Morgan fingerprint density at radius 1 is 0.925 bits per heavy atom. The molecule has 0 saturated carbocycles. The van der Waals surface area contributed by atoms with Gasteiger partial charge in [-0.3, -0.25) is 0 Å². The molecule has 0 aliphatic carbocycles. The average Bonchev–Trinajstić information content (AvgIpc) is 3.32. The number of thioether (sulfide) groups is 1. The largest absolute Gasteiger partial charge is 0.491 e. The molecule has 8 heteroatoms. The van der Waals surface area contributed by atoms with Crippen molar-refractivity contribution in [3.8, 4) is 5.75 Å². The van der Waals surface area contributed by atoms with E-state index in [0.29, 0.717) is 23.1 Å². The van der Waals surface area contributed by atoms with Gasteiger partial charge < -0.3 is 20.3 Å². The quantitative estimate of drug-likeness (QED) is 0.157. The number of carbonyl (C=O) groups is 1. The van der Waals surface area contributed by atoms with Crippen molar-refractivity contribution in [2.75, 3.05) is 23.1 Å². The number of nitrogens with one attached hydrogen (secondary N) is 2. The maximum atomic E-state index is 12.8. The Balaban J connectivity index is 0.00000560. The first-order chi connectivity index (χ1) is 19.0. The molecule has 1 aliphatic heterocycles. The first kappa shape index (κ1) is 34.4. The fraction of sp³-hybridized carbons (Fsp3) is 0.531. The lowest BCUT2D eigenvalue weighted by atomic mass is 10.1. The smallest absolute Gasteiger partial charge is 0.323 e. The monoisotopic (exact) mass is 651 g/mol. The van der Waals surface area contributed by atoms with Crippen LogP contribution in [0.15, 0.2) is 53.6 Å². The van der Waals surface area contributed by atoms with E-state index < -0.39 is 0 Å². The summed E-state index contributed by atoms with van der Waals surface area (Å²) in [6.45, 7) is 5.82. The minimum absolute atomic E-state index is 0. The molecular formula is C32H47BrClN3O2S. The molecule has 5 nitrogen and oxygen atoms in total. The Morgan fingerprint density at radius 3 is 2.25 bits per heavy atom. The molecule has 0 atom stereocenters. The fourth-order valence-electron chi connectivity index (χ4n) is 4.72. The van der Waals surface area contributed by atoms with Gasteiger partial charge in [0.1, 0.15) is 5.75 Å². The number of unbranched alkanes of at least 4 members (excludes halogenated alkanes) is 11. The summed E-state index contributed by atoms with van der Waals surface area (Å²) in [5.41, 5.74) is 2.52. The summed E-state index contributed by atoms with van der Waals surface area (Å²) in [6, 6.07) is 13.0. The minimum atomic E-state index is -0.308. The molecule has 2 aromatic carbocycles. The second-order valence-corrected chi connectivity index (χ2v) is 12.0. The van der Waals surface area contributed by atoms with E-state index in [1.807, 2.05) is 30.0 Å². The number of hydrogen-bond acceptors (Lipinski definition) is 4. The van der Waals surface area contributed by atoms with Gasteiger partial charge in [-0.25, -0.2) is 4.79 Å². The number of rotatable bonds is 18. The van der Waals surface area contributed by atoms with Gasteiger partial charge in [0.2, 0.25) is 0 Å². The third kappa shape index (κ3) is 13.7. The standard InChI is InChI=1S/C32H46ClN3O2S.BrH/c1-3-4-5-6-7-8-9-10-11-12-13-14-20-38-31-22-28(33)18-19-30(31)35-32(37)34-29-17-15-16-27(21-29)24-36-23-26(2)39-25-36;/h15-19,21-23H,3-14,20,24-25H2,1-2H3,(H2,34,35,37);1H. The van der Waals surface area contributed by atoms with Crippen LogP contribution in [0, 0.1) is 0 Å². The third-order valence-electron chi connectivity index (χ3n) is 6.84. The number of urea groups is 1. The summed E-state index contributed by atoms with van der Waals surface area (Å²) in [5.74, 6) is 1.56. The summed E-state index contributed by atoms with van der Waals surface area (Å²) in [4.78, 5) is 16.4. The van der Waals surface area contributed by atoms with Crippen LogP contribution in [0.4, 0.5) is 16.2 Å². The maximum Gasteiger partial charge on any atom is 0.323 e. The minimum Gasteiger partial charge on any atom is -0.491 e. The first-order valence-electron chi connectivity index (χ1n) is 14.7. The number of anilines is 2. The van der Waals surface area contributed by atoms with E-state index in [9.17, 15) is 4.79 Å². The van der Waals surface area contributed by atoms with E-state index in [1.165, 1.54) is 69.1 Å². The number of nitrogens with zero attached hydrogens (tertiary/aromatic N) is 1. The van der Waals surface area contributed by atoms with E-state index in [4.69, 9.17) is 16.3 Å². The Morgan fingerprint density at radius 2 is 1.60 bits per heavy atom. The van der Waals surface area contributed by atoms with Crippen LogP contribution in [0.1, 0.15) is 96.5 Å². The molecule has 222 valence electrons. The second kappa shape index (κ2) is 20.1. The van der Waals surface area contributed by atoms with Crippen molar-refractivity contribution in [2.24, 2.45) is 0 Å². The summed E-state index contributed by atoms with van der Waals surface area (Å²) in [6.07, 6.45) is 17.8. The third-order valence-corrected chi connectivity index (χ3v) is 8.10. The lowest BCUT2D eigenvalue weighted by molar-refractivity contribution is 0.261. The molecule has 0 spiro atoms. The van der Waals surface area contributed by atoms with Crippen LogP contribution in [0.2, 0.25) is 5.02 Å². The normalized spacial score (nSPS) is 12.6. The molecule has 0 radical (unpaired) electrons. The molecule has 2 amide bonds. The van der Waals surface area contributed by atoms with Crippen LogP contribution in [0.5, 0.6) is 5.75 Å². The van der Waals surface area contributed by atoms with Gasteiger partial charge in [0.05, 0.1) is 18.2 Å². The zero-order valence-corrected chi connectivity index (χ0v) is 27.5. The first-order valence-corrected chi connectivity index (χ1v) is 16.0. The molecule has 0 saturated heterocycles. The van der Waals surface area contributed by atoms with Crippen molar-refractivity contribution in [3.05, 3.63) is 64.2 Å². The van der Waals surface area contributed by atoms with Crippen LogP contribution in [-0.2, 0) is 6.54 Å².